The Morgan fingerprint density at radius 2 is 1.79 bits per heavy atom. The Kier molecular flexibility index (Phi) is 6.93. The summed E-state index contributed by atoms with van der Waals surface area (Å²) in [6.45, 7) is 7.95. The summed E-state index contributed by atoms with van der Waals surface area (Å²) in [6.07, 6.45) is 3.44. The van der Waals surface area contributed by atoms with Crippen molar-refractivity contribution in [3.8, 4) is 0 Å². The molecule has 0 aliphatic heterocycles. The molecule has 4 saturated carbocycles. The number of ketones is 1. The van der Waals surface area contributed by atoms with Crippen LogP contribution in [0.15, 0.2) is 0 Å². The number of aliphatic hydroxyl groups excluding tert-OH is 2. The van der Waals surface area contributed by atoms with E-state index in [4.69, 9.17) is 9.47 Å². The fraction of sp³-hybridized carbons (Fsp3) is 0.889. The zero-order valence-electron chi connectivity index (χ0n) is 21.3. The highest BCUT2D eigenvalue weighted by Gasteiger charge is 2.68. The van der Waals surface area contributed by atoms with Crippen molar-refractivity contribution in [3.63, 3.8) is 0 Å². The molecule has 7 nitrogen and oxygen atoms in total. The van der Waals surface area contributed by atoms with Gasteiger partial charge in [0.05, 0.1) is 13.2 Å². The van der Waals surface area contributed by atoms with Gasteiger partial charge in [0.2, 0.25) is 0 Å². The Morgan fingerprint density at radius 3 is 2.44 bits per heavy atom. The summed E-state index contributed by atoms with van der Waals surface area (Å²) >= 11 is 0. The molecule has 0 aromatic carbocycles. The zero-order chi connectivity index (χ0) is 25.0. The van der Waals surface area contributed by atoms with Crippen LogP contribution in [-0.4, -0.2) is 53.4 Å². The summed E-state index contributed by atoms with van der Waals surface area (Å²) in [5.74, 6) is -0.682. The van der Waals surface area contributed by atoms with Crippen molar-refractivity contribution in [3.05, 3.63) is 0 Å². The number of hydrogen-bond acceptors (Lipinski definition) is 7. The standard InChI is InChI=1S/C27H42O7/c1-14(6-9-22(30)33-5)17-7-8-18-23-19(13-21(27(17,18)4)34-15(2)28)26(3)11-10-16(29)12-20(26)24(31)25(23)32/h14,16-21,23-24,29,31H,6-13H2,1-5H3/t14?,16?,17?,18?,19?,20?,21?,23?,24?,26-,27-/m1/s1. The molecule has 11 atom stereocenters. The van der Waals surface area contributed by atoms with Crippen molar-refractivity contribution in [1.29, 1.82) is 0 Å². The van der Waals surface area contributed by atoms with Gasteiger partial charge in [0.25, 0.3) is 0 Å². The van der Waals surface area contributed by atoms with Gasteiger partial charge in [-0.3, -0.25) is 14.4 Å². The highest BCUT2D eigenvalue weighted by atomic mass is 16.5. The first-order chi connectivity index (χ1) is 15.9. The topological polar surface area (TPSA) is 110 Å². The van der Waals surface area contributed by atoms with Crippen molar-refractivity contribution in [2.45, 2.75) is 97.4 Å². The maximum atomic E-state index is 13.7. The molecule has 4 aliphatic rings. The molecule has 4 aliphatic carbocycles. The third-order valence-corrected chi connectivity index (χ3v) is 10.7. The SMILES string of the molecule is COC(=O)CCC(C)C1CCC2C3C(=O)C(O)C4CC(O)CC[C@]4(C)C3CC(OC(C)=O)[C@]12C. The molecule has 0 aromatic rings. The highest BCUT2D eigenvalue weighted by molar-refractivity contribution is 5.87. The molecule has 0 radical (unpaired) electrons. The zero-order valence-corrected chi connectivity index (χ0v) is 21.3. The molecule has 0 aromatic heterocycles. The maximum absolute atomic E-state index is 13.7. The summed E-state index contributed by atoms with van der Waals surface area (Å²) in [4.78, 5) is 37.7. The van der Waals surface area contributed by atoms with E-state index in [-0.39, 0.29) is 64.7 Å². The molecular formula is C27H42O7. The van der Waals surface area contributed by atoms with Crippen molar-refractivity contribution < 1.29 is 34.1 Å². The number of ether oxygens (including phenoxy) is 2. The number of hydrogen-bond donors (Lipinski definition) is 2. The number of carbonyl (C=O) groups is 3. The average molecular weight is 479 g/mol. The van der Waals surface area contributed by atoms with Crippen LogP contribution in [0.2, 0.25) is 0 Å². The van der Waals surface area contributed by atoms with E-state index in [2.05, 4.69) is 20.8 Å². The summed E-state index contributed by atoms with van der Waals surface area (Å²) in [5, 5.41) is 21.5. The van der Waals surface area contributed by atoms with E-state index in [1.165, 1.54) is 14.0 Å². The van der Waals surface area contributed by atoms with Gasteiger partial charge in [-0.1, -0.05) is 20.8 Å². The van der Waals surface area contributed by atoms with Gasteiger partial charge in [-0.25, -0.2) is 0 Å². The minimum Gasteiger partial charge on any atom is -0.469 e. The Labute approximate surface area is 203 Å². The van der Waals surface area contributed by atoms with Crippen LogP contribution in [0.1, 0.15) is 79.1 Å². The summed E-state index contributed by atoms with van der Waals surface area (Å²) < 4.78 is 10.9. The van der Waals surface area contributed by atoms with Crippen LogP contribution in [0.5, 0.6) is 0 Å². The number of rotatable bonds is 5. The molecule has 0 saturated heterocycles. The predicted molar refractivity (Wildman–Crippen MR) is 124 cm³/mol. The fourth-order valence-electron chi connectivity index (χ4n) is 8.90. The first-order valence-electron chi connectivity index (χ1n) is 13.1. The van der Waals surface area contributed by atoms with Crippen LogP contribution in [0.3, 0.4) is 0 Å². The highest BCUT2D eigenvalue weighted by Crippen LogP contribution is 2.68. The largest absolute Gasteiger partial charge is 0.469 e. The third kappa shape index (κ3) is 3.91. The molecular weight excluding hydrogens is 436 g/mol. The van der Waals surface area contributed by atoms with E-state index < -0.39 is 17.6 Å². The average Bonchev–Trinajstić information content (AvgIpc) is 3.15. The summed E-state index contributed by atoms with van der Waals surface area (Å²) in [6, 6.07) is 0. The molecule has 192 valence electrons. The Bertz CT molecular complexity index is 826. The quantitative estimate of drug-likeness (QED) is 0.584. The maximum Gasteiger partial charge on any atom is 0.305 e. The smallest absolute Gasteiger partial charge is 0.305 e. The van der Waals surface area contributed by atoms with Crippen LogP contribution in [-0.2, 0) is 23.9 Å². The predicted octanol–water partition coefficient (Wildman–Crippen LogP) is 3.29. The number of fused-ring (bicyclic) bond motifs is 5. The van der Waals surface area contributed by atoms with E-state index in [0.717, 1.165) is 19.3 Å². The monoisotopic (exact) mass is 478 g/mol. The second kappa shape index (κ2) is 9.20. The lowest BCUT2D eigenvalue weighted by molar-refractivity contribution is -0.209. The first-order valence-corrected chi connectivity index (χ1v) is 13.1. The molecule has 34 heavy (non-hydrogen) atoms. The Morgan fingerprint density at radius 1 is 1.09 bits per heavy atom. The molecule has 9 unspecified atom stereocenters. The van der Waals surface area contributed by atoms with Crippen molar-refractivity contribution in [1.82, 2.24) is 0 Å². The van der Waals surface area contributed by atoms with E-state index in [9.17, 15) is 24.6 Å². The number of methoxy groups -OCH3 is 1. The fourth-order valence-corrected chi connectivity index (χ4v) is 8.90. The molecule has 4 rings (SSSR count). The molecule has 0 spiro atoms. The lowest BCUT2D eigenvalue weighted by Crippen LogP contribution is -2.65. The van der Waals surface area contributed by atoms with Gasteiger partial charge < -0.3 is 19.7 Å². The minimum absolute atomic E-state index is 0.0208. The van der Waals surface area contributed by atoms with E-state index >= 15 is 0 Å². The second-order valence-corrected chi connectivity index (χ2v) is 12.1. The van der Waals surface area contributed by atoms with Gasteiger partial charge in [-0.05, 0) is 74.0 Å². The Hall–Kier alpha value is -1.47. The molecule has 2 N–H and O–H groups in total. The lowest BCUT2D eigenvalue weighted by atomic mass is 9.42. The van der Waals surface area contributed by atoms with Crippen molar-refractivity contribution in [2.75, 3.05) is 7.11 Å². The van der Waals surface area contributed by atoms with Crippen LogP contribution in [0.4, 0.5) is 0 Å². The number of carbonyl (C=O) groups excluding carboxylic acids is 3. The molecule has 0 heterocycles. The minimum atomic E-state index is -1.05. The molecule has 7 heteroatoms. The third-order valence-electron chi connectivity index (χ3n) is 10.7. The number of esters is 2. The number of aliphatic hydroxyl groups is 2. The van der Waals surface area contributed by atoms with Crippen LogP contribution >= 0.6 is 0 Å². The van der Waals surface area contributed by atoms with Gasteiger partial charge in [0.15, 0.2) is 5.78 Å². The molecule has 0 bridgehead atoms. The van der Waals surface area contributed by atoms with Gasteiger partial charge in [-0.15, -0.1) is 0 Å². The second-order valence-electron chi connectivity index (χ2n) is 12.1. The van der Waals surface area contributed by atoms with Crippen LogP contribution in [0.25, 0.3) is 0 Å². The van der Waals surface area contributed by atoms with Gasteiger partial charge in [-0.2, -0.15) is 0 Å². The lowest BCUT2D eigenvalue weighted by Gasteiger charge is -2.62. The van der Waals surface area contributed by atoms with Gasteiger partial charge >= 0.3 is 11.9 Å². The molecule has 4 fully saturated rings. The van der Waals surface area contributed by atoms with Crippen LogP contribution < -0.4 is 0 Å². The molecule has 0 amide bonds. The van der Waals surface area contributed by atoms with Crippen molar-refractivity contribution in [2.24, 2.45) is 46.3 Å². The summed E-state index contributed by atoms with van der Waals surface area (Å²) in [7, 11) is 1.40. The van der Waals surface area contributed by atoms with Crippen LogP contribution in [0, 0.1) is 46.3 Å². The van der Waals surface area contributed by atoms with Gasteiger partial charge in [0.1, 0.15) is 12.2 Å². The normalized spacial score (nSPS) is 46.6. The summed E-state index contributed by atoms with van der Waals surface area (Å²) in [5.41, 5.74) is -0.666. The number of Topliss-reactive ketones (excluding diaryl/α,β-unsaturated/α-hetero) is 1. The Balaban J connectivity index is 1.70. The van der Waals surface area contributed by atoms with Crippen molar-refractivity contribution >= 4 is 17.7 Å². The first kappa shape index (κ1) is 25.6. The van der Waals surface area contributed by atoms with E-state index in [1.807, 2.05) is 0 Å². The van der Waals surface area contributed by atoms with E-state index in [0.29, 0.717) is 32.1 Å². The van der Waals surface area contributed by atoms with E-state index in [1.54, 1.807) is 0 Å². The van der Waals surface area contributed by atoms with Gasteiger partial charge in [0, 0.05) is 30.6 Å².